The predicted octanol–water partition coefficient (Wildman–Crippen LogP) is 5.25. The largest absolute Gasteiger partial charge is 0.396 e. The van der Waals surface area contributed by atoms with Crippen molar-refractivity contribution in [3.8, 4) is 0 Å². The van der Waals surface area contributed by atoms with Crippen molar-refractivity contribution in [2.75, 3.05) is 6.61 Å². The lowest BCUT2D eigenvalue weighted by atomic mass is 9.68. The number of nitrogens with zero attached hydrogens (tertiary/aromatic N) is 2. The molecule has 1 aromatic heterocycles. The molecule has 0 bridgehead atoms. The molecule has 0 saturated heterocycles. The Morgan fingerprint density at radius 1 is 1.03 bits per heavy atom. The highest BCUT2D eigenvalue weighted by Crippen LogP contribution is 2.44. The molecule has 0 atom stereocenters. The summed E-state index contributed by atoms with van der Waals surface area (Å²) in [6.07, 6.45) is 8.69. The van der Waals surface area contributed by atoms with Crippen molar-refractivity contribution in [2.24, 2.45) is 0 Å². The van der Waals surface area contributed by atoms with Crippen molar-refractivity contribution in [3.63, 3.8) is 0 Å². The molecule has 2 saturated carbocycles. The van der Waals surface area contributed by atoms with Gasteiger partial charge in [-0.25, -0.2) is 0 Å². The molecule has 2 aliphatic carbocycles. The van der Waals surface area contributed by atoms with Gasteiger partial charge in [0.05, 0.1) is 0 Å². The van der Waals surface area contributed by atoms with Gasteiger partial charge in [-0.15, -0.1) is 0 Å². The zero-order chi connectivity index (χ0) is 22.1. The summed E-state index contributed by atoms with van der Waals surface area (Å²) >= 11 is 0. The van der Waals surface area contributed by atoms with Crippen LogP contribution in [-0.4, -0.2) is 39.6 Å². The van der Waals surface area contributed by atoms with E-state index >= 15 is 0 Å². The van der Waals surface area contributed by atoms with Gasteiger partial charge >= 0.3 is 0 Å². The number of amides is 1. The van der Waals surface area contributed by atoms with Crippen LogP contribution in [0.5, 0.6) is 0 Å². The van der Waals surface area contributed by atoms with Gasteiger partial charge in [-0.1, -0.05) is 39.0 Å². The molecule has 1 amide bonds. The third-order valence-electron chi connectivity index (χ3n) is 7.28. The SMILES string of the molecule is CC(C)(C)c1ccc(C(=O)N(C2CC2)[C@H]2CC[C@](CCO)(c3ccccn3)CC2)cc1. The third kappa shape index (κ3) is 4.69. The molecule has 166 valence electrons. The summed E-state index contributed by atoms with van der Waals surface area (Å²) in [5, 5.41) is 9.74. The lowest BCUT2D eigenvalue weighted by Crippen LogP contribution is -2.47. The highest BCUT2D eigenvalue weighted by atomic mass is 16.3. The standard InChI is InChI=1S/C27H36N2O2/c1-26(2,3)21-9-7-20(8-10-21)25(31)29(22-11-12-22)23-13-15-27(16-14-23,17-19-30)24-6-4-5-18-28-24/h4-10,18,22-23,30H,11-17,19H2,1-3H3/t23-,27-. The molecule has 4 nitrogen and oxygen atoms in total. The van der Waals surface area contributed by atoms with Crippen LogP contribution in [0, 0.1) is 0 Å². The van der Waals surface area contributed by atoms with Gasteiger partial charge in [-0.05, 0) is 80.2 Å². The summed E-state index contributed by atoms with van der Waals surface area (Å²) in [5.41, 5.74) is 3.16. The Bertz CT molecular complexity index is 874. The number of pyridine rings is 1. The Balaban J connectivity index is 1.51. The van der Waals surface area contributed by atoms with Crippen molar-refractivity contribution in [1.82, 2.24) is 9.88 Å². The van der Waals surface area contributed by atoms with E-state index in [1.807, 2.05) is 30.5 Å². The molecule has 0 aliphatic heterocycles. The minimum absolute atomic E-state index is 0.0703. The zero-order valence-electron chi connectivity index (χ0n) is 19.2. The first-order valence-corrected chi connectivity index (χ1v) is 11.8. The number of benzene rings is 1. The van der Waals surface area contributed by atoms with Crippen molar-refractivity contribution < 1.29 is 9.90 Å². The average molecular weight is 421 g/mol. The van der Waals surface area contributed by atoms with E-state index in [0.29, 0.717) is 6.04 Å². The van der Waals surface area contributed by atoms with Crippen LogP contribution in [0.15, 0.2) is 48.7 Å². The molecule has 4 rings (SSSR count). The number of carbonyl (C=O) groups is 1. The molecular formula is C27H36N2O2. The topological polar surface area (TPSA) is 53.4 Å². The fourth-order valence-electron chi connectivity index (χ4n) is 5.20. The first kappa shape index (κ1) is 22.0. The summed E-state index contributed by atoms with van der Waals surface area (Å²) in [5.74, 6) is 0.181. The molecular weight excluding hydrogens is 384 g/mol. The van der Waals surface area contributed by atoms with Crippen LogP contribution in [0.3, 0.4) is 0 Å². The quantitative estimate of drug-likeness (QED) is 0.695. The second kappa shape index (κ2) is 8.74. The summed E-state index contributed by atoms with van der Waals surface area (Å²) in [4.78, 5) is 20.3. The van der Waals surface area contributed by atoms with E-state index in [0.717, 1.165) is 56.2 Å². The number of aliphatic hydroxyl groups excluding tert-OH is 1. The number of hydrogen-bond donors (Lipinski definition) is 1. The molecule has 0 spiro atoms. The minimum atomic E-state index is -0.0703. The molecule has 0 radical (unpaired) electrons. The molecule has 1 aromatic carbocycles. The molecule has 1 heterocycles. The molecule has 31 heavy (non-hydrogen) atoms. The lowest BCUT2D eigenvalue weighted by Gasteiger charge is -2.43. The van der Waals surface area contributed by atoms with Gasteiger partial charge in [0, 0.05) is 41.6 Å². The Morgan fingerprint density at radius 2 is 1.68 bits per heavy atom. The van der Waals surface area contributed by atoms with Crippen LogP contribution < -0.4 is 0 Å². The zero-order valence-corrected chi connectivity index (χ0v) is 19.2. The molecule has 0 unspecified atom stereocenters. The predicted molar refractivity (Wildman–Crippen MR) is 124 cm³/mol. The maximum Gasteiger partial charge on any atom is 0.254 e. The molecule has 4 heteroatoms. The second-order valence-electron chi connectivity index (χ2n) is 10.5. The fourth-order valence-corrected chi connectivity index (χ4v) is 5.20. The van der Waals surface area contributed by atoms with E-state index in [-0.39, 0.29) is 29.4 Å². The monoisotopic (exact) mass is 420 g/mol. The summed E-state index contributed by atoms with van der Waals surface area (Å²) in [7, 11) is 0. The normalized spacial score (nSPS) is 24.1. The van der Waals surface area contributed by atoms with Gasteiger partial charge in [-0.2, -0.15) is 0 Å². The second-order valence-corrected chi connectivity index (χ2v) is 10.5. The van der Waals surface area contributed by atoms with Crippen molar-refractivity contribution >= 4 is 5.91 Å². The highest BCUT2D eigenvalue weighted by molar-refractivity contribution is 5.95. The van der Waals surface area contributed by atoms with Crippen molar-refractivity contribution in [1.29, 1.82) is 0 Å². The summed E-state index contributed by atoms with van der Waals surface area (Å²) < 4.78 is 0. The van der Waals surface area contributed by atoms with Crippen LogP contribution in [-0.2, 0) is 10.8 Å². The highest BCUT2D eigenvalue weighted by Gasteiger charge is 2.43. The molecule has 2 fully saturated rings. The minimum Gasteiger partial charge on any atom is -0.396 e. The van der Waals surface area contributed by atoms with E-state index in [1.165, 1.54) is 5.56 Å². The van der Waals surface area contributed by atoms with E-state index < -0.39 is 0 Å². The van der Waals surface area contributed by atoms with Gasteiger partial charge in [0.25, 0.3) is 5.91 Å². The lowest BCUT2D eigenvalue weighted by molar-refractivity contribution is 0.0548. The van der Waals surface area contributed by atoms with E-state index in [2.05, 4.69) is 48.9 Å². The van der Waals surface area contributed by atoms with Crippen LogP contribution >= 0.6 is 0 Å². The van der Waals surface area contributed by atoms with E-state index in [4.69, 9.17) is 0 Å². The fraction of sp³-hybridized carbons (Fsp3) is 0.556. The van der Waals surface area contributed by atoms with Gasteiger partial charge in [0.1, 0.15) is 0 Å². The molecule has 1 N–H and O–H groups in total. The van der Waals surface area contributed by atoms with Gasteiger partial charge in [0.15, 0.2) is 0 Å². The van der Waals surface area contributed by atoms with Crippen LogP contribution in [0.25, 0.3) is 0 Å². The number of aromatic nitrogens is 1. The number of aliphatic hydroxyl groups is 1. The van der Waals surface area contributed by atoms with Gasteiger partial charge in [-0.3, -0.25) is 9.78 Å². The van der Waals surface area contributed by atoms with Crippen LogP contribution in [0.1, 0.15) is 87.3 Å². The smallest absolute Gasteiger partial charge is 0.254 e. The van der Waals surface area contributed by atoms with Crippen molar-refractivity contribution in [3.05, 3.63) is 65.5 Å². The maximum atomic E-state index is 13.5. The van der Waals surface area contributed by atoms with Crippen molar-refractivity contribution in [2.45, 2.75) is 88.6 Å². The Labute approximate surface area is 186 Å². The molecule has 2 aliphatic rings. The maximum absolute atomic E-state index is 13.5. The number of rotatable bonds is 6. The van der Waals surface area contributed by atoms with Gasteiger partial charge < -0.3 is 10.0 Å². The Kier molecular flexibility index (Phi) is 6.20. The summed E-state index contributed by atoms with van der Waals surface area (Å²) in [6, 6.07) is 15.0. The number of carbonyl (C=O) groups excluding carboxylic acids is 1. The Morgan fingerprint density at radius 3 is 2.19 bits per heavy atom. The summed E-state index contributed by atoms with van der Waals surface area (Å²) in [6.45, 7) is 6.76. The number of hydrogen-bond acceptors (Lipinski definition) is 3. The average Bonchev–Trinajstić information content (AvgIpc) is 3.60. The van der Waals surface area contributed by atoms with E-state index in [1.54, 1.807) is 0 Å². The first-order valence-electron chi connectivity index (χ1n) is 11.8. The van der Waals surface area contributed by atoms with Crippen LogP contribution in [0.2, 0.25) is 0 Å². The third-order valence-corrected chi connectivity index (χ3v) is 7.28. The molecule has 2 aromatic rings. The Hall–Kier alpha value is -2.20. The van der Waals surface area contributed by atoms with E-state index in [9.17, 15) is 9.90 Å². The first-order chi connectivity index (χ1) is 14.8. The van der Waals surface area contributed by atoms with Crippen LogP contribution in [0.4, 0.5) is 0 Å². The van der Waals surface area contributed by atoms with Gasteiger partial charge in [0.2, 0.25) is 0 Å².